The lowest BCUT2D eigenvalue weighted by molar-refractivity contribution is 0.212. The van der Waals surface area contributed by atoms with Crippen molar-refractivity contribution in [2.45, 2.75) is 71.1 Å². The molecule has 14 heavy (non-hydrogen) atoms. The molecule has 2 aliphatic carbocycles. The normalized spacial score (nSPS) is 35.8. The van der Waals surface area contributed by atoms with Crippen LogP contribution in [0, 0.1) is 17.8 Å². The van der Waals surface area contributed by atoms with Gasteiger partial charge >= 0.3 is 0 Å². The summed E-state index contributed by atoms with van der Waals surface area (Å²) in [6.07, 6.45) is 15.3. The molecule has 2 saturated carbocycles. The molecule has 0 radical (unpaired) electrons. The van der Waals surface area contributed by atoms with Crippen LogP contribution in [0.1, 0.15) is 71.1 Å². The molecule has 0 aromatic carbocycles. The summed E-state index contributed by atoms with van der Waals surface area (Å²) in [4.78, 5) is 0. The first-order valence-corrected chi connectivity index (χ1v) is 6.84. The second-order valence-corrected chi connectivity index (χ2v) is 5.88. The zero-order valence-corrected chi connectivity index (χ0v) is 9.80. The zero-order chi connectivity index (χ0) is 9.80. The number of hydrogen-bond donors (Lipinski definition) is 0. The van der Waals surface area contributed by atoms with Crippen molar-refractivity contribution >= 4 is 0 Å². The fraction of sp³-hybridized carbons (Fsp3) is 1.00. The van der Waals surface area contributed by atoms with Crippen LogP contribution < -0.4 is 0 Å². The monoisotopic (exact) mass is 194 g/mol. The Morgan fingerprint density at radius 2 is 1.50 bits per heavy atom. The Morgan fingerprint density at radius 3 is 2.21 bits per heavy atom. The summed E-state index contributed by atoms with van der Waals surface area (Å²) in [7, 11) is 0. The highest BCUT2D eigenvalue weighted by atomic mass is 14.3. The molecule has 0 heteroatoms. The van der Waals surface area contributed by atoms with Gasteiger partial charge in [0.05, 0.1) is 0 Å². The van der Waals surface area contributed by atoms with Gasteiger partial charge in [0.2, 0.25) is 0 Å². The Labute approximate surface area is 89.5 Å². The molecule has 0 nitrogen and oxygen atoms in total. The third kappa shape index (κ3) is 3.00. The lowest BCUT2D eigenvalue weighted by Crippen LogP contribution is -2.18. The van der Waals surface area contributed by atoms with Gasteiger partial charge in [0.25, 0.3) is 0 Å². The van der Waals surface area contributed by atoms with Gasteiger partial charge in [0.1, 0.15) is 0 Å². The SMILES string of the molecule is C[C@@H]1CCC[C@H](CC2CCCCC2)C1. The van der Waals surface area contributed by atoms with E-state index in [4.69, 9.17) is 0 Å². The van der Waals surface area contributed by atoms with Crippen LogP contribution in [0.4, 0.5) is 0 Å². The standard InChI is InChI=1S/C14H26/c1-12-6-5-9-14(10-12)11-13-7-3-2-4-8-13/h12-14H,2-11H2,1H3/t12-,14+/m1/s1. The highest BCUT2D eigenvalue weighted by Crippen LogP contribution is 2.36. The van der Waals surface area contributed by atoms with Crippen molar-refractivity contribution in [3.63, 3.8) is 0 Å². The third-order valence-electron chi connectivity index (χ3n) is 4.44. The summed E-state index contributed by atoms with van der Waals surface area (Å²) in [5.41, 5.74) is 0. The Morgan fingerprint density at radius 1 is 0.786 bits per heavy atom. The minimum atomic E-state index is 1.03. The summed E-state index contributed by atoms with van der Waals surface area (Å²) < 4.78 is 0. The van der Waals surface area contributed by atoms with Gasteiger partial charge in [-0.2, -0.15) is 0 Å². The predicted octanol–water partition coefficient (Wildman–Crippen LogP) is 4.78. The Balaban J connectivity index is 1.72. The molecule has 2 rings (SSSR count). The summed E-state index contributed by atoms with van der Waals surface area (Å²) >= 11 is 0. The second kappa shape index (κ2) is 5.19. The number of hydrogen-bond acceptors (Lipinski definition) is 0. The molecule has 2 aliphatic rings. The minimum absolute atomic E-state index is 1.03. The van der Waals surface area contributed by atoms with Gasteiger partial charge in [0.15, 0.2) is 0 Å². The van der Waals surface area contributed by atoms with Gasteiger partial charge in [-0.25, -0.2) is 0 Å². The van der Waals surface area contributed by atoms with E-state index in [0.29, 0.717) is 0 Å². The smallest absolute Gasteiger partial charge is 0.0409 e. The fourth-order valence-electron chi connectivity index (χ4n) is 3.67. The molecule has 82 valence electrons. The molecule has 0 aromatic rings. The lowest BCUT2D eigenvalue weighted by Gasteiger charge is -2.31. The molecule has 0 heterocycles. The Hall–Kier alpha value is 0. The van der Waals surface area contributed by atoms with Gasteiger partial charge in [-0.05, 0) is 30.6 Å². The van der Waals surface area contributed by atoms with Crippen LogP contribution >= 0.6 is 0 Å². The van der Waals surface area contributed by atoms with Crippen LogP contribution in [-0.2, 0) is 0 Å². The van der Waals surface area contributed by atoms with Crippen molar-refractivity contribution in [2.75, 3.05) is 0 Å². The summed E-state index contributed by atoms with van der Waals surface area (Å²) in [6.45, 7) is 2.45. The van der Waals surface area contributed by atoms with Crippen LogP contribution in [0.5, 0.6) is 0 Å². The van der Waals surface area contributed by atoms with Gasteiger partial charge in [-0.1, -0.05) is 58.3 Å². The molecule has 0 spiro atoms. The lowest BCUT2D eigenvalue weighted by atomic mass is 9.75. The molecule has 0 saturated heterocycles. The predicted molar refractivity (Wildman–Crippen MR) is 62.3 cm³/mol. The second-order valence-electron chi connectivity index (χ2n) is 5.88. The van der Waals surface area contributed by atoms with Crippen LogP contribution in [0.2, 0.25) is 0 Å². The van der Waals surface area contributed by atoms with Crippen molar-refractivity contribution in [2.24, 2.45) is 17.8 Å². The van der Waals surface area contributed by atoms with E-state index in [1.165, 1.54) is 38.5 Å². The molecule has 0 unspecified atom stereocenters. The van der Waals surface area contributed by atoms with E-state index >= 15 is 0 Å². The van der Waals surface area contributed by atoms with Gasteiger partial charge in [-0.3, -0.25) is 0 Å². The van der Waals surface area contributed by atoms with Crippen LogP contribution in [-0.4, -0.2) is 0 Å². The van der Waals surface area contributed by atoms with E-state index in [9.17, 15) is 0 Å². The molecule has 0 amide bonds. The van der Waals surface area contributed by atoms with Gasteiger partial charge in [0, 0.05) is 0 Å². The van der Waals surface area contributed by atoms with E-state index in [-0.39, 0.29) is 0 Å². The first-order valence-electron chi connectivity index (χ1n) is 6.84. The van der Waals surface area contributed by atoms with Gasteiger partial charge in [-0.15, -0.1) is 0 Å². The van der Waals surface area contributed by atoms with Crippen molar-refractivity contribution in [1.29, 1.82) is 0 Å². The maximum atomic E-state index is 2.45. The molecular weight excluding hydrogens is 168 g/mol. The minimum Gasteiger partial charge on any atom is -0.0625 e. The maximum absolute atomic E-state index is 2.45. The molecule has 0 aliphatic heterocycles. The van der Waals surface area contributed by atoms with E-state index in [1.807, 2.05) is 0 Å². The Bertz CT molecular complexity index is 155. The summed E-state index contributed by atoms with van der Waals surface area (Å²) in [5.74, 6) is 3.23. The molecule has 2 atom stereocenters. The molecule has 0 N–H and O–H groups in total. The van der Waals surface area contributed by atoms with Crippen LogP contribution in [0.25, 0.3) is 0 Å². The van der Waals surface area contributed by atoms with E-state index in [0.717, 1.165) is 17.8 Å². The van der Waals surface area contributed by atoms with Crippen molar-refractivity contribution in [3.8, 4) is 0 Å². The first-order chi connectivity index (χ1) is 6.84. The summed E-state index contributed by atoms with van der Waals surface area (Å²) in [6, 6.07) is 0. The topological polar surface area (TPSA) is 0 Å². The molecular formula is C14H26. The molecule has 2 fully saturated rings. The largest absolute Gasteiger partial charge is 0.0625 e. The zero-order valence-electron chi connectivity index (χ0n) is 9.80. The average molecular weight is 194 g/mol. The van der Waals surface area contributed by atoms with Crippen molar-refractivity contribution in [1.82, 2.24) is 0 Å². The number of rotatable bonds is 2. The molecule has 0 bridgehead atoms. The highest BCUT2D eigenvalue weighted by Gasteiger charge is 2.23. The van der Waals surface area contributed by atoms with Crippen LogP contribution in [0.3, 0.4) is 0 Å². The first kappa shape index (κ1) is 10.5. The summed E-state index contributed by atoms with van der Waals surface area (Å²) in [5, 5.41) is 0. The fourth-order valence-corrected chi connectivity index (χ4v) is 3.67. The van der Waals surface area contributed by atoms with Crippen LogP contribution in [0.15, 0.2) is 0 Å². The maximum Gasteiger partial charge on any atom is -0.0409 e. The van der Waals surface area contributed by atoms with E-state index in [1.54, 1.807) is 25.7 Å². The van der Waals surface area contributed by atoms with E-state index in [2.05, 4.69) is 6.92 Å². The quantitative estimate of drug-likeness (QED) is 0.593. The Kier molecular flexibility index (Phi) is 3.89. The molecule has 0 aromatic heterocycles. The third-order valence-corrected chi connectivity index (χ3v) is 4.44. The van der Waals surface area contributed by atoms with Crippen molar-refractivity contribution < 1.29 is 0 Å². The van der Waals surface area contributed by atoms with E-state index < -0.39 is 0 Å². The highest BCUT2D eigenvalue weighted by molar-refractivity contribution is 4.75. The average Bonchev–Trinajstić information content (AvgIpc) is 2.19. The van der Waals surface area contributed by atoms with Crippen molar-refractivity contribution in [3.05, 3.63) is 0 Å². The van der Waals surface area contributed by atoms with Gasteiger partial charge < -0.3 is 0 Å².